The first-order valence-electron chi connectivity index (χ1n) is 9.03. The van der Waals surface area contributed by atoms with Crippen molar-refractivity contribution in [3.05, 3.63) is 59.9 Å². The van der Waals surface area contributed by atoms with E-state index in [-0.39, 0.29) is 17.5 Å². The highest BCUT2D eigenvalue weighted by molar-refractivity contribution is 7.99. The Morgan fingerprint density at radius 2 is 2.00 bits per heavy atom. The quantitative estimate of drug-likeness (QED) is 0.450. The van der Waals surface area contributed by atoms with Crippen molar-refractivity contribution in [1.82, 2.24) is 19.8 Å². The predicted octanol–water partition coefficient (Wildman–Crippen LogP) is 2.95. The smallest absolute Gasteiger partial charge is 0.233 e. The summed E-state index contributed by atoms with van der Waals surface area (Å²) in [5, 5.41) is 8.39. The monoisotopic (exact) mass is 415 g/mol. The maximum Gasteiger partial charge on any atom is 0.233 e. The summed E-state index contributed by atoms with van der Waals surface area (Å²) in [6.07, 6.45) is 0. The number of halogens is 1. The molecule has 152 valence electrons. The van der Waals surface area contributed by atoms with E-state index in [1.54, 1.807) is 24.1 Å². The molecule has 1 amide bonds. The van der Waals surface area contributed by atoms with Crippen LogP contribution in [0.25, 0.3) is 11.4 Å². The first-order chi connectivity index (χ1) is 14.0. The molecule has 0 unspecified atom stereocenters. The van der Waals surface area contributed by atoms with Crippen LogP contribution in [-0.4, -0.2) is 45.1 Å². The molecule has 0 aliphatic rings. The van der Waals surface area contributed by atoms with Gasteiger partial charge in [0, 0.05) is 19.2 Å². The fraction of sp³-hybridized carbons (Fsp3) is 0.250. The summed E-state index contributed by atoms with van der Waals surface area (Å²) in [7, 11) is 1.74. The largest absolute Gasteiger partial charge is 0.494 e. The number of carbonyl (C=O) groups is 1. The molecular formula is C20H22FN5O2S. The third kappa shape index (κ3) is 5.26. The van der Waals surface area contributed by atoms with Crippen LogP contribution in [0, 0.1) is 5.82 Å². The minimum atomic E-state index is -0.384. The Labute approximate surface area is 172 Å². The van der Waals surface area contributed by atoms with E-state index >= 15 is 0 Å². The van der Waals surface area contributed by atoms with E-state index in [9.17, 15) is 9.18 Å². The number of hydrogen-bond acceptors (Lipinski definition) is 6. The number of nitrogens with two attached hydrogens (primary N) is 1. The van der Waals surface area contributed by atoms with Gasteiger partial charge in [-0.05, 0) is 36.8 Å². The first-order valence-corrected chi connectivity index (χ1v) is 10.0. The summed E-state index contributed by atoms with van der Waals surface area (Å²) in [5.41, 5.74) is 1.52. The third-order valence-corrected chi connectivity index (χ3v) is 5.08. The van der Waals surface area contributed by atoms with Gasteiger partial charge in [0.25, 0.3) is 0 Å². The lowest BCUT2D eigenvalue weighted by molar-refractivity contribution is -0.127. The first kappa shape index (κ1) is 20.7. The SMILES string of the molecule is CCOc1ccc(CN(C)C(=O)CSc2nnc(-c3cccc(F)c3)n2N)cc1. The number of hydrogen-bond donors (Lipinski definition) is 1. The van der Waals surface area contributed by atoms with Crippen molar-refractivity contribution in [2.45, 2.75) is 18.6 Å². The third-order valence-electron chi connectivity index (χ3n) is 4.15. The van der Waals surface area contributed by atoms with Crippen molar-refractivity contribution in [3.8, 4) is 17.1 Å². The summed E-state index contributed by atoms with van der Waals surface area (Å²) >= 11 is 1.18. The van der Waals surface area contributed by atoms with E-state index in [4.69, 9.17) is 10.6 Å². The van der Waals surface area contributed by atoms with Gasteiger partial charge in [-0.1, -0.05) is 36.0 Å². The van der Waals surface area contributed by atoms with Gasteiger partial charge < -0.3 is 15.5 Å². The Morgan fingerprint density at radius 3 is 2.69 bits per heavy atom. The van der Waals surface area contributed by atoms with Crippen LogP contribution in [0.4, 0.5) is 4.39 Å². The summed E-state index contributed by atoms with van der Waals surface area (Å²) in [6.45, 7) is 3.03. The molecule has 2 N–H and O–H groups in total. The molecule has 7 nitrogen and oxygen atoms in total. The molecule has 0 saturated carbocycles. The Balaban J connectivity index is 1.57. The number of nitrogens with zero attached hydrogens (tertiary/aromatic N) is 4. The number of nitrogen functional groups attached to an aromatic ring is 1. The number of amides is 1. The van der Waals surface area contributed by atoms with Gasteiger partial charge in [-0.25, -0.2) is 9.07 Å². The zero-order valence-electron chi connectivity index (χ0n) is 16.2. The number of ether oxygens (including phenoxy) is 1. The number of thioether (sulfide) groups is 1. The minimum Gasteiger partial charge on any atom is -0.494 e. The van der Waals surface area contributed by atoms with E-state index in [1.165, 1.54) is 28.6 Å². The van der Waals surface area contributed by atoms with Gasteiger partial charge in [-0.3, -0.25) is 4.79 Å². The Morgan fingerprint density at radius 1 is 1.24 bits per heavy atom. The highest BCUT2D eigenvalue weighted by Gasteiger charge is 2.16. The Kier molecular flexibility index (Phi) is 6.71. The molecule has 0 aliphatic carbocycles. The molecular weight excluding hydrogens is 393 g/mol. The molecule has 2 aromatic carbocycles. The number of rotatable bonds is 8. The van der Waals surface area contributed by atoms with E-state index < -0.39 is 0 Å². The predicted molar refractivity (Wildman–Crippen MR) is 110 cm³/mol. The molecule has 1 heterocycles. The Hall–Kier alpha value is -3.07. The van der Waals surface area contributed by atoms with Crippen molar-refractivity contribution in [2.75, 3.05) is 25.3 Å². The molecule has 0 bridgehead atoms. The van der Waals surface area contributed by atoms with Crippen LogP contribution in [0.1, 0.15) is 12.5 Å². The van der Waals surface area contributed by atoms with Gasteiger partial charge in [-0.2, -0.15) is 0 Å². The molecule has 3 aromatic rings. The van der Waals surface area contributed by atoms with E-state index in [1.807, 2.05) is 31.2 Å². The van der Waals surface area contributed by atoms with Gasteiger partial charge in [0.15, 0.2) is 5.82 Å². The van der Waals surface area contributed by atoms with E-state index in [0.29, 0.717) is 29.7 Å². The molecule has 3 rings (SSSR count). The van der Waals surface area contributed by atoms with E-state index in [0.717, 1.165) is 11.3 Å². The topological polar surface area (TPSA) is 86.3 Å². The van der Waals surface area contributed by atoms with Gasteiger partial charge in [0.1, 0.15) is 11.6 Å². The summed E-state index contributed by atoms with van der Waals surface area (Å²) in [5.74, 6) is 6.87. The molecule has 0 fully saturated rings. The maximum atomic E-state index is 13.4. The second-order valence-corrected chi connectivity index (χ2v) is 7.24. The lowest BCUT2D eigenvalue weighted by Gasteiger charge is -2.17. The summed E-state index contributed by atoms with van der Waals surface area (Å²) in [4.78, 5) is 14.1. The number of aromatic nitrogens is 3. The molecule has 1 aromatic heterocycles. The van der Waals surface area contributed by atoms with Crippen molar-refractivity contribution in [1.29, 1.82) is 0 Å². The fourth-order valence-electron chi connectivity index (χ4n) is 2.66. The van der Waals surface area contributed by atoms with Gasteiger partial charge in [0.2, 0.25) is 11.1 Å². The molecule has 0 atom stereocenters. The lowest BCUT2D eigenvalue weighted by atomic mass is 10.2. The molecule has 0 radical (unpaired) electrons. The van der Waals surface area contributed by atoms with Crippen LogP contribution in [0.3, 0.4) is 0 Å². The minimum absolute atomic E-state index is 0.0702. The van der Waals surface area contributed by atoms with Crippen molar-refractivity contribution in [3.63, 3.8) is 0 Å². The zero-order valence-corrected chi connectivity index (χ0v) is 17.0. The van der Waals surface area contributed by atoms with Gasteiger partial charge in [-0.15, -0.1) is 10.2 Å². The lowest BCUT2D eigenvalue weighted by Crippen LogP contribution is -2.28. The van der Waals surface area contributed by atoms with Crippen molar-refractivity contribution in [2.24, 2.45) is 0 Å². The van der Waals surface area contributed by atoms with E-state index in [2.05, 4.69) is 10.2 Å². The van der Waals surface area contributed by atoms with Crippen LogP contribution in [0.2, 0.25) is 0 Å². The molecule has 0 aliphatic heterocycles. The summed E-state index contributed by atoms with van der Waals surface area (Å²) in [6, 6.07) is 13.6. The summed E-state index contributed by atoms with van der Waals surface area (Å²) < 4.78 is 20.1. The standard InChI is InChI=1S/C20H22FN5O2S/c1-3-28-17-9-7-14(8-10-17)12-25(2)18(27)13-29-20-24-23-19(26(20)22)15-5-4-6-16(21)11-15/h4-11H,3,12-13,22H2,1-2H3. The average Bonchev–Trinajstić information content (AvgIpc) is 3.08. The van der Waals surface area contributed by atoms with Crippen molar-refractivity contribution >= 4 is 17.7 Å². The van der Waals surface area contributed by atoms with Crippen LogP contribution in [-0.2, 0) is 11.3 Å². The van der Waals surface area contributed by atoms with Crippen LogP contribution >= 0.6 is 11.8 Å². The molecule has 9 heteroatoms. The average molecular weight is 415 g/mol. The molecule has 29 heavy (non-hydrogen) atoms. The zero-order chi connectivity index (χ0) is 20.8. The van der Waals surface area contributed by atoms with Crippen molar-refractivity contribution < 1.29 is 13.9 Å². The molecule has 0 saturated heterocycles. The van der Waals surface area contributed by atoms with Gasteiger partial charge in [0.05, 0.1) is 12.4 Å². The van der Waals surface area contributed by atoms with Crippen LogP contribution in [0.5, 0.6) is 5.75 Å². The Bertz CT molecular complexity index is 977. The second-order valence-electron chi connectivity index (χ2n) is 6.30. The normalized spacial score (nSPS) is 10.7. The second kappa shape index (κ2) is 9.42. The van der Waals surface area contributed by atoms with Crippen LogP contribution < -0.4 is 10.6 Å². The molecule has 0 spiro atoms. The number of benzene rings is 2. The maximum absolute atomic E-state index is 13.4. The fourth-order valence-corrected chi connectivity index (χ4v) is 3.45. The van der Waals surface area contributed by atoms with Gasteiger partial charge >= 0.3 is 0 Å². The highest BCUT2D eigenvalue weighted by atomic mass is 32.2. The van der Waals surface area contributed by atoms with Crippen LogP contribution in [0.15, 0.2) is 53.7 Å². The number of carbonyl (C=O) groups excluding carboxylic acids is 1. The highest BCUT2D eigenvalue weighted by Crippen LogP contribution is 2.22.